The zero-order valence-electron chi connectivity index (χ0n) is 11.1. The van der Waals surface area contributed by atoms with E-state index in [-0.39, 0.29) is 0 Å². The summed E-state index contributed by atoms with van der Waals surface area (Å²) in [4.78, 5) is 8.11. The molecule has 19 heavy (non-hydrogen) atoms. The minimum atomic E-state index is 0.331. The fourth-order valence-corrected chi connectivity index (χ4v) is 2.15. The smallest absolute Gasteiger partial charge is 0.235 e. The van der Waals surface area contributed by atoms with Crippen LogP contribution in [0.25, 0.3) is 0 Å². The van der Waals surface area contributed by atoms with Crippen LogP contribution in [0, 0.1) is 10.5 Å². The van der Waals surface area contributed by atoms with Crippen LogP contribution in [-0.2, 0) is 0 Å². The van der Waals surface area contributed by atoms with Crippen molar-refractivity contribution in [2.24, 2.45) is 0 Å². The predicted octanol–water partition coefficient (Wildman–Crippen LogP) is 3.89. The summed E-state index contributed by atoms with van der Waals surface area (Å²) in [6, 6.07) is 3.94. The molecule has 2 rings (SSSR count). The largest absolute Gasteiger partial charge is 0.438 e. The molecule has 0 spiro atoms. The van der Waals surface area contributed by atoms with Gasteiger partial charge >= 0.3 is 0 Å². The van der Waals surface area contributed by atoms with Gasteiger partial charge in [0, 0.05) is 11.9 Å². The van der Waals surface area contributed by atoms with E-state index >= 15 is 0 Å². The van der Waals surface area contributed by atoms with Gasteiger partial charge in [-0.2, -0.15) is 0 Å². The number of halogens is 1. The first-order valence-electron chi connectivity index (χ1n) is 6.02. The number of nitrogens with zero attached hydrogens (tertiary/aromatic N) is 2. The molecule has 0 aliphatic carbocycles. The topological polar surface area (TPSA) is 61.0 Å². The van der Waals surface area contributed by atoms with Gasteiger partial charge < -0.3 is 10.5 Å². The number of hydrogen-bond donors (Lipinski definition) is 1. The van der Waals surface area contributed by atoms with Gasteiger partial charge in [0.15, 0.2) is 0 Å². The summed E-state index contributed by atoms with van der Waals surface area (Å²) >= 11 is 2.16. The third-order valence-corrected chi connectivity index (χ3v) is 3.60. The molecule has 5 heteroatoms. The first-order valence-corrected chi connectivity index (χ1v) is 7.10. The highest BCUT2D eigenvalue weighted by molar-refractivity contribution is 14.1. The molecule has 1 aromatic carbocycles. The minimum absolute atomic E-state index is 0.331. The molecule has 0 bridgehead atoms. The van der Waals surface area contributed by atoms with Gasteiger partial charge in [0.2, 0.25) is 5.88 Å². The maximum Gasteiger partial charge on any atom is 0.235 e. The van der Waals surface area contributed by atoms with Crippen LogP contribution in [0.1, 0.15) is 30.9 Å². The Bertz CT molecular complexity index is 599. The Morgan fingerprint density at radius 3 is 2.68 bits per heavy atom. The normalized spacial score (nSPS) is 10.8. The Hall–Kier alpha value is -1.37. The highest BCUT2D eigenvalue weighted by Gasteiger charge is 2.13. The summed E-state index contributed by atoms with van der Waals surface area (Å²) in [6.07, 6.45) is 3.21. The van der Waals surface area contributed by atoms with Crippen molar-refractivity contribution in [2.45, 2.75) is 26.7 Å². The second-order valence-corrected chi connectivity index (χ2v) is 5.84. The fraction of sp³-hybridized carbons (Fsp3) is 0.286. The molecule has 0 atom stereocenters. The van der Waals surface area contributed by atoms with Crippen molar-refractivity contribution in [3.63, 3.8) is 0 Å². The first kappa shape index (κ1) is 14.0. The second-order valence-electron chi connectivity index (χ2n) is 4.68. The molecule has 1 heterocycles. The molecule has 0 saturated heterocycles. The van der Waals surface area contributed by atoms with Crippen molar-refractivity contribution in [1.29, 1.82) is 0 Å². The van der Waals surface area contributed by atoms with Gasteiger partial charge in [0.05, 0.1) is 3.57 Å². The Kier molecular flexibility index (Phi) is 4.24. The van der Waals surface area contributed by atoms with Crippen LogP contribution in [0.15, 0.2) is 24.7 Å². The average Bonchev–Trinajstić information content (AvgIpc) is 2.36. The lowest BCUT2D eigenvalue weighted by Gasteiger charge is -2.16. The lowest BCUT2D eigenvalue weighted by Crippen LogP contribution is -2.00. The van der Waals surface area contributed by atoms with Crippen molar-refractivity contribution in [1.82, 2.24) is 9.97 Å². The van der Waals surface area contributed by atoms with E-state index in [4.69, 9.17) is 10.5 Å². The lowest BCUT2D eigenvalue weighted by molar-refractivity contribution is 0.449. The quantitative estimate of drug-likeness (QED) is 0.659. The van der Waals surface area contributed by atoms with E-state index in [1.807, 2.05) is 19.1 Å². The summed E-state index contributed by atoms with van der Waals surface area (Å²) < 4.78 is 6.80. The van der Waals surface area contributed by atoms with Gasteiger partial charge in [0.1, 0.15) is 12.1 Å². The van der Waals surface area contributed by atoms with E-state index in [1.165, 1.54) is 6.33 Å². The average molecular weight is 369 g/mol. The molecule has 0 aliphatic heterocycles. The molecule has 0 saturated carbocycles. The van der Waals surface area contributed by atoms with Crippen molar-refractivity contribution < 1.29 is 4.74 Å². The lowest BCUT2D eigenvalue weighted by atomic mass is 9.99. The van der Waals surface area contributed by atoms with Crippen LogP contribution in [0.3, 0.4) is 0 Å². The molecule has 2 aromatic rings. The number of nitrogen functional groups attached to an aromatic ring is 1. The number of rotatable bonds is 3. The molecular formula is C14H16IN3O. The molecule has 0 amide bonds. The first-order chi connectivity index (χ1) is 8.99. The summed E-state index contributed by atoms with van der Waals surface area (Å²) in [7, 11) is 0. The Morgan fingerprint density at radius 2 is 2.05 bits per heavy atom. The van der Waals surface area contributed by atoms with Crippen LogP contribution in [0.4, 0.5) is 5.69 Å². The highest BCUT2D eigenvalue weighted by atomic mass is 127. The number of benzene rings is 1. The third kappa shape index (κ3) is 3.15. The van der Waals surface area contributed by atoms with Crippen LogP contribution in [0.2, 0.25) is 0 Å². The zero-order valence-corrected chi connectivity index (χ0v) is 13.3. The number of aromatic nitrogens is 2. The number of anilines is 1. The van der Waals surface area contributed by atoms with Gasteiger partial charge in [-0.3, -0.25) is 0 Å². The molecule has 2 N–H and O–H groups in total. The fourth-order valence-electron chi connectivity index (χ4n) is 1.74. The summed E-state index contributed by atoms with van der Waals surface area (Å²) in [6.45, 7) is 6.20. The van der Waals surface area contributed by atoms with Gasteiger partial charge in [-0.25, -0.2) is 9.97 Å². The Labute approximate surface area is 126 Å². The van der Waals surface area contributed by atoms with Gasteiger partial charge in [0.25, 0.3) is 0 Å². The van der Waals surface area contributed by atoms with Crippen LogP contribution >= 0.6 is 22.6 Å². The van der Waals surface area contributed by atoms with E-state index in [1.54, 1.807) is 6.20 Å². The van der Waals surface area contributed by atoms with Crippen LogP contribution in [-0.4, -0.2) is 9.97 Å². The Morgan fingerprint density at radius 1 is 1.32 bits per heavy atom. The van der Waals surface area contributed by atoms with E-state index in [9.17, 15) is 0 Å². The molecule has 100 valence electrons. The SMILES string of the molecule is Cc1cc(Oc2ncncc2I)c(C(C)C)cc1N. The van der Waals surface area contributed by atoms with Crippen molar-refractivity contribution in [3.8, 4) is 11.6 Å². The maximum absolute atomic E-state index is 5.97. The minimum Gasteiger partial charge on any atom is -0.438 e. The van der Waals surface area contributed by atoms with E-state index < -0.39 is 0 Å². The number of nitrogens with two attached hydrogens (primary N) is 1. The number of hydrogen-bond acceptors (Lipinski definition) is 4. The van der Waals surface area contributed by atoms with Crippen molar-refractivity contribution >= 4 is 28.3 Å². The van der Waals surface area contributed by atoms with E-state index in [0.717, 1.165) is 26.1 Å². The molecule has 0 unspecified atom stereocenters. The molecule has 0 fully saturated rings. The van der Waals surface area contributed by atoms with Crippen molar-refractivity contribution in [3.05, 3.63) is 39.4 Å². The summed E-state index contributed by atoms with van der Waals surface area (Å²) in [5.74, 6) is 1.71. The molecule has 0 aliphatic rings. The summed E-state index contributed by atoms with van der Waals surface area (Å²) in [5.41, 5.74) is 8.84. The van der Waals surface area contributed by atoms with Gasteiger partial charge in [-0.1, -0.05) is 13.8 Å². The standard InChI is InChI=1S/C14H16IN3O/c1-8(2)10-5-12(16)9(3)4-13(10)19-14-11(15)6-17-7-18-14/h4-8H,16H2,1-3H3. The van der Waals surface area contributed by atoms with E-state index in [0.29, 0.717) is 11.8 Å². The third-order valence-electron chi connectivity index (χ3n) is 2.86. The molecule has 1 aromatic heterocycles. The van der Waals surface area contributed by atoms with Gasteiger partial charge in [-0.15, -0.1) is 0 Å². The highest BCUT2D eigenvalue weighted by Crippen LogP contribution is 2.34. The van der Waals surface area contributed by atoms with Crippen LogP contribution < -0.4 is 10.5 Å². The number of aryl methyl sites for hydroxylation is 1. The molecular weight excluding hydrogens is 353 g/mol. The zero-order chi connectivity index (χ0) is 14.0. The monoisotopic (exact) mass is 369 g/mol. The second kappa shape index (κ2) is 5.73. The molecule has 4 nitrogen and oxygen atoms in total. The van der Waals surface area contributed by atoms with Crippen molar-refractivity contribution in [2.75, 3.05) is 5.73 Å². The molecule has 0 radical (unpaired) electrons. The van der Waals surface area contributed by atoms with Crippen LogP contribution in [0.5, 0.6) is 11.6 Å². The van der Waals surface area contributed by atoms with E-state index in [2.05, 4.69) is 46.4 Å². The predicted molar refractivity (Wildman–Crippen MR) is 84.5 cm³/mol. The maximum atomic E-state index is 5.97. The van der Waals surface area contributed by atoms with Gasteiger partial charge in [-0.05, 0) is 58.7 Å². The number of ether oxygens (including phenoxy) is 1. The Balaban J connectivity index is 2.45. The summed E-state index contributed by atoms with van der Waals surface area (Å²) in [5, 5.41) is 0.